The SMILES string of the molecule is COC(=O)CN1CCN(C(=O)c2ccc(Br)cc2F)CC1. The van der Waals surface area contributed by atoms with E-state index in [0.717, 1.165) is 0 Å². The first-order valence-corrected chi connectivity index (χ1v) is 7.34. The fourth-order valence-electron chi connectivity index (χ4n) is 2.19. The van der Waals surface area contributed by atoms with Crippen molar-refractivity contribution in [2.75, 3.05) is 39.8 Å². The number of rotatable bonds is 3. The normalized spacial score (nSPS) is 15.9. The van der Waals surface area contributed by atoms with Crippen LogP contribution in [0.3, 0.4) is 0 Å². The lowest BCUT2D eigenvalue weighted by Gasteiger charge is -2.34. The number of methoxy groups -OCH3 is 1. The van der Waals surface area contributed by atoms with Gasteiger partial charge in [-0.3, -0.25) is 14.5 Å². The molecular weight excluding hydrogens is 343 g/mol. The number of hydrogen-bond donors (Lipinski definition) is 0. The van der Waals surface area contributed by atoms with E-state index in [4.69, 9.17) is 0 Å². The number of carbonyl (C=O) groups excluding carboxylic acids is 2. The van der Waals surface area contributed by atoms with Gasteiger partial charge in [-0.05, 0) is 18.2 Å². The zero-order valence-corrected chi connectivity index (χ0v) is 13.2. The van der Waals surface area contributed by atoms with E-state index < -0.39 is 5.82 Å². The van der Waals surface area contributed by atoms with Gasteiger partial charge < -0.3 is 9.64 Å². The highest BCUT2D eigenvalue weighted by atomic mass is 79.9. The maximum Gasteiger partial charge on any atom is 0.319 e. The minimum absolute atomic E-state index is 0.0691. The zero-order valence-electron chi connectivity index (χ0n) is 11.6. The number of piperazine rings is 1. The molecule has 5 nitrogen and oxygen atoms in total. The lowest BCUT2D eigenvalue weighted by Crippen LogP contribution is -2.50. The number of nitrogens with zero attached hydrogens (tertiary/aromatic N) is 2. The summed E-state index contributed by atoms with van der Waals surface area (Å²) in [5.74, 6) is -1.15. The summed E-state index contributed by atoms with van der Waals surface area (Å²) >= 11 is 3.16. The first-order valence-electron chi connectivity index (χ1n) is 6.54. The van der Waals surface area contributed by atoms with E-state index in [-0.39, 0.29) is 24.0 Å². The van der Waals surface area contributed by atoms with Crippen LogP contribution in [0.1, 0.15) is 10.4 Å². The Bertz CT molecular complexity index is 545. The van der Waals surface area contributed by atoms with Crippen LogP contribution in [0.2, 0.25) is 0 Å². The molecule has 1 aromatic rings. The van der Waals surface area contributed by atoms with Gasteiger partial charge in [-0.1, -0.05) is 15.9 Å². The molecule has 1 saturated heterocycles. The smallest absolute Gasteiger partial charge is 0.319 e. The Balaban J connectivity index is 1.95. The van der Waals surface area contributed by atoms with Crippen molar-refractivity contribution >= 4 is 27.8 Å². The van der Waals surface area contributed by atoms with Crippen LogP contribution in [-0.4, -0.2) is 61.5 Å². The van der Waals surface area contributed by atoms with Gasteiger partial charge in [-0.15, -0.1) is 0 Å². The van der Waals surface area contributed by atoms with Crippen molar-refractivity contribution in [3.05, 3.63) is 34.1 Å². The van der Waals surface area contributed by atoms with Crippen LogP contribution >= 0.6 is 15.9 Å². The molecule has 0 saturated carbocycles. The average molecular weight is 359 g/mol. The minimum Gasteiger partial charge on any atom is -0.468 e. The third kappa shape index (κ3) is 4.01. The molecule has 1 heterocycles. The van der Waals surface area contributed by atoms with E-state index in [1.54, 1.807) is 11.0 Å². The van der Waals surface area contributed by atoms with E-state index in [1.165, 1.54) is 19.2 Å². The van der Waals surface area contributed by atoms with Crippen molar-refractivity contribution in [1.29, 1.82) is 0 Å². The van der Waals surface area contributed by atoms with Gasteiger partial charge in [0.15, 0.2) is 0 Å². The van der Waals surface area contributed by atoms with Gasteiger partial charge in [-0.2, -0.15) is 0 Å². The summed E-state index contributed by atoms with van der Waals surface area (Å²) in [6.07, 6.45) is 0. The summed E-state index contributed by atoms with van der Waals surface area (Å²) < 4.78 is 19.0. The lowest BCUT2D eigenvalue weighted by molar-refractivity contribution is -0.142. The molecule has 1 aliphatic heterocycles. The van der Waals surface area contributed by atoms with Crippen LogP contribution in [0.15, 0.2) is 22.7 Å². The topological polar surface area (TPSA) is 49.9 Å². The first-order chi connectivity index (χ1) is 10.0. The van der Waals surface area contributed by atoms with Crippen LogP contribution in [0, 0.1) is 5.82 Å². The number of esters is 1. The standard InChI is InChI=1S/C14H16BrFN2O3/c1-21-13(19)9-17-4-6-18(7-5-17)14(20)11-3-2-10(15)8-12(11)16/h2-3,8H,4-7,9H2,1H3. The number of ether oxygens (including phenoxy) is 1. The number of halogens is 2. The van der Waals surface area contributed by atoms with Gasteiger partial charge in [0, 0.05) is 30.7 Å². The second kappa shape index (κ2) is 7.00. The van der Waals surface area contributed by atoms with Crippen LogP contribution < -0.4 is 0 Å². The lowest BCUT2D eigenvalue weighted by atomic mass is 10.1. The Hall–Kier alpha value is -1.47. The van der Waals surface area contributed by atoms with Crippen molar-refractivity contribution in [3.63, 3.8) is 0 Å². The molecule has 1 amide bonds. The fourth-order valence-corrected chi connectivity index (χ4v) is 2.52. The van der Waals surface area contributed by atoms with Gasteiger partial charge in [0.1, 0.15) is 5.82 Å². The predicted molar refractivity (Wildman–Crippen MR) is 78.5 cm³/mol. The van der Waals surface area contributed by atoms with Crippen molar-refractivity contribution < 1.29 is 18.7 Å². The largest absolute Gasteiger partial charge is 0.468 e. The highest BCUT2D eigenvalue weighted by Crippen LogP contribution is 2.17. The van der Waals surface area contributed by atoms with E-state index in [2.05, 4.69) is 20.7 Å². The van der Waals surface area contributed by atoms with Crippen LogP contribution in [0.25, 0.3) is 0 Å². The minimum atomic E-state index is -0.536. The van der Waals surface area contributed by atoms with Gasteiger partial charge in [0.2, 0.25) is 0 Å². The van der Waals surface area contributed by atoms with E-state index in [0.29, 0.717) is 30.7 Å². The summed E-state index contributed by atoms with van der Waals surface area (Å²) in [6.45, 7) is 2.28. The van der Waals surface area contributed by atoms with Crippen molar-refractivity contribution in [1.82, 2.24) is 9.80 Å². The van der Waals surface area contributed by atoms with E-state index >= 15 is 0 Å². The number of carbonyl (C=O) groups is 2. The molecular formula is C14H16BrFN2O3. The van der Waals surface area contributed by atoms with Crippen molar-refractivity contribution in [3.8, 4) is 0 Å². The molecule has 0 atom stereocenters. The van der Waals surface area contributed by atoms with Gasteiger partial charge in [0.25, 0.3) is 5.91 Å². The predicted octanol–water partition coefficient (Wildman–Crippen LogP) is 1.52. The molecule has 114 valence electrons. The average Bonchev–Trinajstić information content (AvgIpc) is 2.47. The number of hydrogen-bond acceptors (Lipinski definition) is 4. The molecule has 0 aliphatic carbocycles. The Labute approximate surface area is 130 Å². The second-order valence-corrected chi connectivity index (χ2v) is 5.68. The third-order valence-corrected chi connectivity index (χ3v) is 3.89. The van der Waals surface area contributed by atoms with Gasteiger partial charge in [0.05, 0.1) is 19.2 Å². The van der Waals surface area contributed by atoms with Crippen LogP contribution in [-0.2, 0) is 9.53 Å². The summed E-state index contributed by atoms with van der Waals surface area (Å²) in [7, 11) is 1.35. The molecule has 0 aromatic heterocycles. The van der Waals surface area contributed by atoms with E-state index in [9.17, 15) is 14.0 Å². The number of benzene rings is 1. The molecule has 0 N–H and O–H groups in total. The van der Waals surface area contributed by atoms with Crippen LogP contribution in [0.5, 0.6) is 0 Å². The summed E-state index contributed by atoms with van der Waals surface area (Å²) in [5, 5.41) is 0. The second-order valence-electron chi connectivity index (χ2n) is 4.77. The fraction of sp³-hybridized carbons (Fsp3) is 0.429. The van der Waals surface area contributed by atoms with Crippen LogP contribution in [0.4, 0.5) is 4.39 Å². The summed E-state index contributed by atoms with van der Waals surface area (Å²) in [6, 6.07) is 4.40. The van der Waals surface area contributed by atoms with Crippen molar-refractivity contribution in [2.45, 2.75) is 0 Å². The molecule has 0 bridgehead atoms. The molecule has 2 rings (SSSR count). The maximum atomic E-state index is 13.8. The molecule has 7 heteroatoms. The Kier molecular flexibility index (Phi) is 5.30. The number of amides is 1. The first kappa shape index (κ1) is 15.9. The molecule has 21 heavy (non-hydrogen) atoms. The molecule has 1 fully saturated rings. The van der Waals surface area contributed by atoms with E-state index in [1.807, 2.05) is 4.90 Å². The third-order valence-electron chi connectivity index (χ3n) is 3.40. The van der Waals surface area contributed by atoms with Gasteiger partial charge >= 0.3 is 5.97 Å². The molecule has 0 radical (unpaired) electrons. The zero-order chi connectivity index (χ0) is 15.4. The summed E-state index contributed by atoms with van der Waals surface area (Å²) in [5.41, 5.74) is 0.0691. The monoisotopic (exact) mass is 358 g/mol. The van der Waals surface area contributed by atoms with Crippen molar-refractivity contribution in [2.24, 2.45) is 0 Å². The van der Waals surface area contributed by atoms with Gasteiger partial charge in [-0.25, -0.2) is 4.39 Å². The Morgan fingerprint density at radius 3 is 2.52 bits per heavy atom. The quantitative estimate of drug-likeness (QED) is 0.768. The molecule has 1 aliphatic rings. The highest BCUT2D eigenvalue weighted by molar-refractivity contribution is 9.10. The molecule has 0 unspecified atom stereocenters. The molecule has 1 aromatic carbocycles. The highest BCUT2D eigenvalue weighted by Gasteiger charge is 2.25. The Morgan fingerprint density at radius 2 is 1.95 bits per heavy atom. The maximum absolute atomic E-state index is 13.8. The summed E-state index contributed by atoms with van der Waals surface area (Å²) in [4.78, 5) is 27.0. The Morgan fingerprint density at radius 1 is 1.29 bits per heavy atom. The molecule has 0 spiro atoms.